The number of aromatic nitrogens is 3. The van der Waals surface area contributed by atoms with Crippen LogP contribution in [0.25, 0.3) is 22.5 Å². The molecule has 6 rings (SSSR count). The van der Waals surface area contributed by atoms with E-state index in [-0.39, 0.29) is 11.9 Å². The number of nitrogens with one attached hydrogen (secondary N) is 1. The highest BCUT2D eigenvalue weighted by atomic mass is 16.5. The molecule has 5 heterocycles. The number of carbonyl (C=O) groups is 1. The molecule has 0 unspecified atom stereocenters. The average molecular weight is 454 g/mol. The average Bonchev–Trinajstić information content (AvgIpc) is 3.40. The number of pyridine rings is 2. The number of hydrogen-bond acceptors (Lipinski definition) is 7. The van der Waals surface area contributed by atoms with E-state index >= 15 is 0 Å². The van der Waals surface area contributed by atoms with Gasteiger partial charge in [0.15, 0.2) is 5.76 Å². The number of amides is 1. The van der Waals surface area contributed by atoms with E-state index in [1.165, 1.54) is 0 Å². The lowest BCUT2D eigenvalue weighted by Gasteiger charge is -2.22. The molecule has 1 aromatic carbocycles. The third kappa shape index (κ3) is 3.67. The van der Waals surface area contributed by atoms with Crippen LogP contribution in [0.15, 0.2) is 65.6 Å². The fourth-order valence-corrected chi connectivity index (χ4v) is 4.60. The van der Waals surface area contributed by atoms with Gasteiger partial charge < -0.3 is 19.5 Å². The van der Waals surface area contributed by atoms with Gasteiger partial charge in [-0.05, 0) is 37.1 Å². The van der Waals surface area contributed by atoms with Crippen LogP contribution in [0, 0.1) is 6.92 Å². The lowest BCUT2D eigenvalue weighted by atomic mass is 10.0. The first kappa shape index (κ1) is 20.4. The van der Waals surface area contributed by atoms with Crippen molar-refractivity contribution in [3.8, 4) is 28.3 Å². The van der Waals surface area contributed by atoms with Gasteiger partial charge in [0, 0.05) is 41.8 Å². The van der Waals surface area contributed by atoms with Gasteiger partial charge in [0.25, 0.3) is 0 Å². The molecule has 2 aliphatic heterocycles. The zero-order valence-corrected chi connectivity index (χ0v) is 18.7. The number of rotatable bonds is 4. The third-order valence-electron chi connectivity index (χ3n) is 6.37. The van der Waals surface area contributed by atoms with Crippen molar-refractivity contribution >= 4 is 23.1 Å². The van der Waals surface area contributed by atoms with E-state index in [4.69, 9.17) is 9.26 Å². The number of ether oxygens (including phenoxy) is 1. The van der Waals surface area contributed by atoms with Gasteiger partial charge in [0.2, 0.25) is 11.8 Å². The first-order valence-electron chi connectivity index (χ1n) is 11.4. The summed E-state index contributed by atoms with van der Waals surface area (Å²) in [6.07, 6.45) is 7.52. The van der Waals surface area contributed by atoms with Crippen LogP contribution in [0.1, 0.15) is 24.8 Å². The number of nitrogens with zero attached hydrogens (tertiary/aromatic N) is 4. The predicted octanol–water partition coefficient (Wildman–Crippen LogP) is 5.13. The molecule has 1 fully saturated rings. The lowest BCUT2D eigenvalue weighted by Crippen LogP contribution is -2.32. The van der Waals surface area contributed by atoms with E-state index in [0.717, 1.165) is 52.2 Å². The van der Waals surface area contributed by atoms with Crippen molar-refractivity contribution in [1.82, 2.24) is 15.1 Å². The molecule has 0 aliphatic carbocycles. The molecule has 0 saturated carbocycles. The van der Waals surface area contributed by atoms with Gasteiger partial charge >= 0.3 is 0 Å². The fourth-order valence-electron chi connectivity index (χ4n) is 4.60. The predicted molar refractivity (Wildman–Crippen MR) is 128 cm³/mol. The Morgan fingerprint density at radius 1 is 0.971 bits per heavy atom. The molecule has 0 bridgehead atoms. The third-order valence-corrected chi connectivity index (χ3v) is 6.37. The van der Waals surface area contributed by atoms with E-state index in [1.54, 1.807) is 12.4 Å². The smallest absolute Gasteiger partial charge is 0.238 e. The SMILES string of the molecule is Cc1cnoc1-c1ccc(-c2ccc(Nc3cnc4c(c3)N3C(=O)CC[C@H]3CCO4)nc2)cc1. The number of aryl methyl sites for hydroxylation is 1. The molecule has 2 aliphatic rings. The maximum Gasteiger partial charge on any atom is 0.238 e. The second kappa shape index (κ2) is 8.30. The highest BCUT2D eigenvalue weighted by Gasteiger charge is 2.36. The van der Waals surface area contributed by atoms with Crippen LogP contribution < -0.4 is 15.0 Å². The van der Waals surface area contributed by atoms with E-state index in [1.807, 2.05) is 60.5 Å². The van der Waals surface area contributed by atoms with Gasteiger partial charge in [-0.15, -0.1) is 0 Å². The van der Waals surface area contributed by atoms with Crippen LogP contribution in [0.2, 0.25) is 0 Å². The summed E-state index contributed by atoms with van der Waals surface area (Å²) in [6, 6.07) is 14.2. The quantitative estimate of drug-likeness (QED) is 0.458. The molecule has 0 radical (unpaired) electrons. The standard InChI is InChI=1S/C26H23N5O3/c1-16-13-29-34-25(16)18-4-2-17(3-5-18)19-6-8-23(27-14-19)30-20-12-22-26(28-15-20)33-11-10-21-7-9-24(32)31(21)22/h2-6,8,12-15,21H,7,9-11H2,1H3,(H,27,30)/t21-/m0/s1. The molecule has 1 amide bonds. The Hall–Kier alpha value is -4.20. The van der Waals surface area contributed by atoms with E-state index in [9.17, 15) is 4.79 Å². The summed E-state index contributed by atoms with van der Waals surface area (Å²) in [5, 5.41) is 7.14. The first-order chi connectivity index (χ1) is 16.7. The highest BCUT2D eigenvalue weighted by molar-refractivity contribution is 5.98. The fraction of sp³-hybridized carbons (Fsp3) is 0.231. The molecule has 4 aromatic rings. The van der Waals surface area contributed by atoms with Gasteiger partial charge in [-0.1, -0.05) is 29.4 Å². The summed E-state index contributed by atoms with van der Waals surface area (Å²) in [5.74, 6) is 2.11. The Morgan fingerprint density at radius 2 is 1.79 bits per heavy atom. The molecule has 8 nitrogen and oxygen atoms in total. The Balaban J connectivity index is 1.21. The molecule has 1 N–H and O–H groups in total. The van der Waals surface area contributed by atoms with Crippen LogP contribution in [-0.2, 0) is 4.79 Å². The van der Waals surface area contributed by atoms with Crippen molar-refractivity contribution in [2.75, 3.05) is 16.8 Å². The van der Waals surface area contributed by atoms with Crippen LogP contribution in [0.5, 0.6) is 5.88 Å². The zero-order valence-electron chi connectivity index (χ0n) is 18.7. The topological polar surface area (TPSA) is 93.4 Å². The largest absolute Gasteiger partial charge is 0.476 e. The van der Waals surface area contributed by atoms with Crippen molar-refractivity contribution in [3.05, 3.63) is 66.6 Å². The van der Waals surface area contributed by atoms with Crippen LogP contribution in [-0.4, -0.2) is 33.7 Å². The molecule has 3 aromatic heterocycles. The molecular weight excluding hydrogens is 430 g/mol. The summed E-state index contributed by atoms with van der Waals surface area (Å²) in [4.78, 5) is 23.3. The molecule has 1 saturated heterocycles. The van der Waals surface area contributed by atoms with Gasteiger partial charge in [-0.3, -0.25) is 4.79 Å². The van der Waals surface area contributed by atoms with Crippen LogP contribution >= 0.6 is 0 Å². The van der Waals surface area contributed by atoms with Gasteiger partial charge in [0.1, 0.15) is 11.5 Å². The second-order valence-electron chi connectivity index (χ2n) is 8.61. The van der Waals surface area contributed by atoms with Gasteiger partial charge in [0.05, 0.1) is 24.7 Å². The molecule has 0 spiro atoms. The minimum absolute atomic E-state index is 0.127. The number of hydrogen-bond donors (Lipinski definition) is 1. The van der Waals surface area contributed by atoms with Crippen molar-refractivity contribution in [2.45, 2.75) is 32.2 Å². The van der Waals surface area contributed by atoms with Crippen molar-refractivity contribution in [2.24, 2.45) is 0 Å². The number of fused-ring (bicyclic) bond motifs is 3. The summed E-state index contributed by atoms with van der Waals surface area (Å²) in [7, 11) is 0. The molecule has 34 heavy (non-hydrogen) atoms. The summed E-state index contributed by atoms with van der Waals surface area (Å²) in [5.41, 5.74) is 5.55. The summed E-state index contributed by atoms with van der Waals surface area (Å²) >= 11 is 0. The zero-order chi connectivity index (χ0) is 23.1. The normalized spacial score (nSPS) is 17.0. The van der Waals surface area contributed by atoms with Crippen molar-refractivity contribution in [3.63, 3.8) is 0 Å². The van der Waals surface area contributed by atoms with Gasteiger partial charge in [-0.2, -0.15) is 0 Å². The Morgan fingerprint density at radius 3 is 2.56 bits per heavy atom. The molecular formula is C26H23N5O3. The van der Waals surface area contributed by atoms with Crippen molar-refractivity contribution < 1.29 is 14.1 Å². The van der Waals surface area contributed by atoms with Crippen LogP contribution in [0.3, 0.4) is 0 Å². The van der Waals surface area contributed by atoms with E-state index < -0.39 is 0 Å². The number of anilines is 3. The number of carbonyl (C=O) groups excluding carboxylic acids is 1. The van der Waals surface area contributed by atoms with E-state index in [2.05, 4.69) is 20.4 Å². The van der Waals surface area contributed by atoms with Crippen LogP contribution in [0.4, 0.5) is 17.2 Å². The maximum absolute atomic E-state index is 12.5. The van der Waals surface area contributed by atoms with Gasteiger partial charge in [-0.25, -0.2) is 9.97 Å². The summed E-state index contributed by atoms with van der Waals surface area (Å²) < 4.78 is 11.1. The molecule has 8 heteroatoms. The Labute approximate surface area is 196 Å². The Bertz CT molecular complexity index is 1350. The number of benzene rings is 1. The minimum Gasteiger partial charge on any atom is -0.476 e. The van der Waals surface area contributed by atoms with E-state index in [0.29, 0.717) is 24.7 Å². The summed E-state index contributed by atoms with van der Waals surface area (Å²) in [6.45, 7) is 2.55. The molecule has 170 valence electrons. The highest BCUT2D eigenvalue weighted by Crippen LogP contribution is 2.38. The second-order valence-corrected chi connectivity index (χ2v) is 8.61. The lowest BCUT2D eigenvalue weighted by molar-refractivity contribution is -0.117. The van der Waals surface area contributed by atoms with Crippen molar-refractivity contribution in [1.29, 1.82) is 0 Å². The Kier molecular flexibility index (Phi) is 4.98. The minimum atomic E-state index is 0.127. The molecule has 1 atom stereocenters. The first-order valence-corrected chi connectivity index (χ1v) is 11.4. The maximum atomic E-state index is 12.5. The monoisotopic (exact) mass is 453 g/mol.